The van der Waals surface area contributed by atoms with Crippen LogP contribution in [0.4, 0.5) is 0 Å². The lowest BCUT2D eigenvalue weighted by atomic mass is 10.0. The number of hydrogen-bond donors (Lipinski definition) is 0. The molecule has 1 fully saturated rings. The normalized spacial score (nSPS) is 16.6. The third-order valence-corrected chi connectivity index (χ3v) is 5.27. The molecule has 4 nitrogen and oxygen atoms in total. The molecule has 1 aromatic heterocycles. The van der Waals surface area contributed by atoms with Crippen LogP contribution in [0, 0.1) is 13.8 Å². The van der Waals surface area contributed by atoms with Crippen LogP contribution in [0.25, 0.3) is 0 Å². The third-order valence-electron chi connectivity index (χ3n) is 5.27. The molecule has 2 heterocycles. The second-order valence-electron chi connectivity index (χ2n) is 7.68. The molecule has 1 aliphatic rings. The number of benzene rings is 2. The van der Waals surface area contributed by atoms with Crippen molar-refractivity contribution in [2.24, 2.45) is 0 Å². The zero-order valence-electron chi connectivity index (χ0n) is 17.0. The number of hydrogen-bond acceptors (Lipinski definition) is 3. The van der Waals surface area contributed by atoms with Gasteiger partial charge in [-0.25, -0.2) is 0 Å². The monoisotopic (exact) mass is 386 g/mol. The summed E-state index contributed by atoms with van der Waals surface area (Å²) >= 11 is 0. The highest BCUT2D eigenvalue weighted by molar-refractivity contribution is 5.94. The number of amides is 1. The van der Waals surface area contributed by atoms with E-state index in [4.69, 9.17) is 9.72 Å². The topological polar surface area (TPSA) is 42.4 Å². The predicted molar refractivity (Wildman–Crippen MR) is 114 cm³/mol. The fourth-order valence-corrected chi connectivity index (χ4v) is 3.75. The maximum atomic E-state index is 12.8. The fourth-order valence-electron chi connectivity index (χ4n) is 3.75. The zero-order valence-corrected chi connectivity index (χ0v) is 17.0. The number of aromatic nitrogens is 1. The smallest absolute Gasteiger partial charge is 0.254 e. The molecule has 0 N–H and O–H groups in total. The van der Waals surface area contributed by atoms with E-state index in [2.05, 4.69) is 43.3 Å². The Balaban J connectivity index is 1.52. The Bertz CT molecular complexity index is 983. The molecule has 2 aromatic carbocycles. The van der Waals surface area contributed by atoms with Crippen LogP contribution in [-0.4, -0.2) is 35.5 Å². The minimum absolute atomic E-state index is 0.0476. The van der Waals surface area contributed by atoms with Crippen molar-refractivity contribution in [2.75, 3.05) is 19.7 Å². The van der Waals surface area contributed by atoms with E-state index >= 15 is 0 Å². The molecule has 0 saturated carbocycles. The van der Waals surface area contributed by atoms with Crippen LogP contribution >= 0.6 is 0 Å². The molecule has 4 rings (SSSR count). The SMILES string of the molecule is Cc1ccc(Cc2cc(C)nc([C@@H]3CN(C(=O)c4ccccc4)CCO3)c2)cc1. The van der Waals surface area contributed by atoms with E-state index in [0.29, 0.717) is 25.3 Å². The largest absolute Gasteiger partial charge is 0.368 e. The number of aryl methyl sites for hydroxylation is 2. The molecule has 0 unspecified atom stereocenters. The quantitative estimate of drug-likeness (QED) is 0.663. The van der Waals surface area contributed by atoms with Crippen LogP contribution in [0.15, 0.2) is 66.7 Å². The summed E-state index contributed by atoms with van der Waals surface area (Å²) in [5, 5.41) is 0. The van der Waals surface area contributed by atoms with Gasteiger partial charge in [0.25, 0.3) is 5.91 Å². The van der Waals surface area contributed by atoms with Gasteiger partial charge in [-0.2, -0.15) is 0 Å². The van der Waals surface area contributed by atoms with Crippen LogP contribution in [-0.2, 0) is 11.2 Å². The number of nitrogens with zero attached hydrogens (tertiary/aromatic N) is 2. The van der Waals surface area contributed by atoms with Crippen LogP contribution in [0.5, 0.6) is 0 Å². The number of rotatable bonds is 4. The van der Waals surface area contributed by atoms with Gasteiger partial charge in [0.2, 0.25) is 0 Å². The summed E-state index contributed by atoms with van der Waals surface area (Å²) in [6.45, 7) is 5.76. The van der Waals surface area contributed by atoms with Crippen LogP contribution in [0.3, 0.4) is 0 Å². The summed E-state index contributed by atoms with van der Waals surface area (Å²) in [5.41, 5.74) is 6.34. The van der Waals surface area contributed by atoms with Gasteiger partial charge >= 0.3 is 0 Å². The van der Waals surface area contributed by atoms with Crippen molar-refractivity contribution in [1.82, 2.24) is 9.88 Å². The molecule has 1 amide bonds. The van der Waals surface area contributed by atoms with E-state index in [1.54, 1.807) is 0 Å². The van der Waals surface area contributed by atoms with Crippen LogP contribution in [0.2, 0.25) is 0 Å². The Hall–Kier alpha value is -2.98. The van der Waals surface area contributed by atoms with Gasteiger partial charge in [0, 0.05) is 17.8 Å². The van der Waals surface area contributed by atoms with Crippen molar-refractivity contribution < 1.29 is 9.53 Å². The molecular weight excluding hydrogens is 360 g/mol. The highest BCUT2D eigenvalue weighted by Gasteiger charge is 2.27. The van der Waals surface area contributed by atoms with Crippen molar-refractivity contribution in [1.29, 1.82) is 0 Å². The lowest BCUT2D eigenvalue weighted by molar-refractivity contribution is -0.0248. The number of carbonyl (C=O) groups is 1. The fraction of sp³-hybridized carbons (Fsp3) is 0.280. The van der Waals surface area contributed by atoms with Gasteiger partial charge in [-0.05, 0) is 55.7 Å². The summed E-state index contributed by atoms with van der Waals surface area (Å²) in [4.78, 5) is 19.4. The minimum atomic E-state index is -0.201. The van der Waals surface area contributed by atoms with Gasteiger partial charge in [-0.1, -0.05) is 48.0 Å². The van der Waals surface area contributed by atoms with E-state index in [0.717, 1.165) is 17.8 Å². The first-order valence-electron chi connectivity index (χ1n) is 10.1. The van der Waals surface area contributed by atoms with Gasteiger partial charge in [-0.15, -0.1) is 0 Å². The second-order valence-corrected chi connectivity index (χ2v) is 7.68. The third kappa shape index (κ3) is 4.72. The Morgan fingerprint density at radius 3 is 2.55 bits per heavy atom. The van der Waals surface area contributed by atoms with Gasteiger partial charge < -0.3 is 9.64 Å². The van der Waals surface area contributed by atoms with Gasteiger partial charge in [0.1, 0.15) is 6.10 Å². The Morgan fingerprint density at radius 1 is 1.03 bits per heavy atom. The van der Waals surface area contributed by atoms with Crippen molar-refractivity contribution in [3.05, 3.63) is 100 Å². The molecule has 0 spiro atoms. The van der Waals surface area contributed by atoms with Crippen molar-refractivity contribution in [2.45, 2.75) is 26.4 Å². The van der Waals surface area contributed by atoms with Crippen molar-refractivity contribution >= 4 is 5.91 Å². The molecule has 0 radical (unpaired) electrons. The molecular formula is C25H26N2O2. The maximum absolute atomic E-state index is 12.8. The molecule has 0 bridgehead atoms. The molecule has 0 aliphatic carbocycles. The summed E-state index contributed by atoms with van der Waals surface area (Å²) in [7, 11) is 0. The van der Waals surface area contributed by atoms with Crippen LogP contribution < -0.4 is 0 Å². The summed E-state index contributed by atoms with van der Waals surface area (Å²) in [6.07, 6.45) is 0.656. The van der Waals surface area contributed by atoms with Gasteiger partial charge in [0.05, 0.1) is 18.8 Å². The Labute approximate surface area is 172 Å². The lowest BCUT2D eigenvalue weighted by Crippen LogP contribution is -2.42. The van der Waals surface area contributed by atoms with E-state index in [-0.39, 0.29) is 12.0 Å². The van der Waals surface area contributed by atoms with E-state index < -0.39 is 0 Å². The first-order chi connectivity index (χ1) is 14.1. The number of carbonyl (C=O) groups excluding carboxylic acids is 1. The predicted octanol–water partition coefficient (Wildman–Crippen LogP) is 4.50. The molecule has 1 saturated heterocycles. The molecule has 1 aliphatic heterocycles. The van der Waals surface area contributed by atoms with E-state index in [1.165, 1.54) is 16.7 Å². The zero-order chi connectivity index (χ0) is 20.2. The average molecular weight is 386 g/mol. The molecule has 29 heavy (non-hydrogen) atoms. The minimum Gasteiger partial charge on any atom is -0.368 e. The Morgan fingerprint density at radius 2 is 1.79 bits per heavy atom. The molecule has 3 aromatic rings. The number of morpholine rings is 1. The van der Waals surface area contributed by atoms with E-state index in [9.17, 15) is 4.79 Å². The summed E-state index contributed by atoms with van der Waals surface area (Å²) in [5.74, 6) is 0.0476. The van der Waals surface area contributed by atoms with Crippen LogP contribution in [0.1, 0.15) is 44.5 Å². The Kier molecular flexibility index (Phi) is 5.72. The molecule has 4 heteroatoms. The maximum Gasteiger partial charge on any atom is 0.254 e. The second kappa shape index (κ2) is 8.58. The first-order valence-corrected chi connectivity index (χ1v) is 10.1. The van der Waals surface area contributed by atoms with Gasteiger partial charge in [0.15, 0.2) is 0 Å². The lowest BCUT2D eigenvalue weighted by Gasteiger charge is -2.33. The van der Waals surface area contributed by atoms with Crippen molar-refractivity contribution in [3.8, 4) is 0 Å². The van der Waals surface area contributed by atoms with Gasteiger partial charge in [-0.3, -0.25) is 9.78 Å². The molecule has 1 atom stereocenters. The molecule has 148 valence electrons. The summed E-state index contributed by atoms with van der Waals surface area (Å²) in [6, 6.07) is 22.3. The van der Waals surface area contributed by atoms with E-state index in [1.807, 2.05) is 42.2 Å². The highest BCUT2D eigenvalue weighted by Crippen LogP contribution is 2.24. The standard InChI is InChI=1S/C25H26N2O2/c1-18-8-10-20(11-9-18)15-21-14-19(2)26-23(16-21)24-17-27(12-13-29-24)25(28)22-6-4-3-5-7-22/h3-11,14,16,24H,12-13,15,17H2,1-2H3/t24-/m0/s1. The van der Waals surface area contributed by atoms with Crippen molar-refractivity contribution in [3.63, 3.8) is 0 Å². The first kappa shape index (κ1) is 19.3. The number of ether oxygens (including phenoxy) is 1. The highest BCUT2D eigenvalue weighted by atomic mass is 16.5. The average Bonchev–Trinajstić information content (AvgIpc) is 2.75. The number of pyridine rings is 1. The summed E-state index contributed by atoms with van der Waals surface area (Å²) < 4.78 is 6.00.